The molecule has 1 N–H and O–H groups in total. The van der Waals surface area contributed by atoms with Crippen LogP contribution >= 0.6 is 24.0 Å². The maximum atomic E-state index is 6.35. The Morgan fingerprint density at radius 2 is 1.96 bits per heavy atom. The first-order valence-corrected chi connectivity index (χ1v) is 8.22. The van der Waals surface area contributed by atoms with Crippen molar-refractivity contribution in [1.82, 2.24) is 10.5 Å². The number of nitrogens with one attached hydrogen (secondary N) is 1. The molecule has 1 aromatic carbocycles. The minimum atomic E-state index is 0. The molecule has 0 aliphatic rings. The molecular formula is C17H24Cl2N2O3. The van der Waals surface area contributed by atoms with Gasteiger partial charge in [0.05, 0.1) is 23.9 Å². The highest BCUT2D eigenvalue weighted by Crippen LogP contribution is 2.36. The quantitative estimate of drug-likeness (QED) is 0.698. The topological polar surface area (TPSA) is 56.5 Å². The van der Waals surface area contributed by atoms with Gasteiger partial charge in [0, 0.05) is 19.2 Å². The van der Waals surface area contributed by atoms with Crippen LogP contribution in [0.3, 0.4) is 0 Å². The summed E-state index contributed by atoms with van der Waals surface area (Å²) in [6.45, 7) is 8.33. The van der Waals surface area contributed by atoms with Crippen LogP contribution in [-0.2, 0) is 13.1 Å². The van der Waals surface area contributed by atoms with Crippen molar-refractivity contribution in [1.29, 1.82) is 0 Å². The van der Waals surface area contributed by atoms with Crippen LogP contribution in [0.1, 0.15) is 37.3 Å². The van der Waals surface area contributed by atoms with E-state index in [2.05, 4.69) is 17.4 Å². The Hall–Kier alpha value is -1.43. The van der Waals surface area contributed by atoms with Crippen molar-refractivity contribution < 1.29 is 14.0 Å². The van der Waals surface area contributed by atoms with Gasteiger partial charge in [-0.15, -0.1) is 12.4 Å². The van der Waals surface area contributed by atoms with Crippen LogP contribution in [0.4, 0.5) is 0 Å². The highest BCUT2D eigenvalue weighted by atomic mass is 35.5. The number of ether oxygens (including phenoxy) is 2. The molecule has 0 saturated heterocycles. The van der Waals surface area contributed by atoms with Crippen molar-refractivity contribution in [2.24, 2.45) is 0 Å². The molecule has 0 aliphatic heterocycles. The van der Waals surface area contributed by atoms with Crippen molar-refractivity contribution in [2.75, 3.05) is 13.2 Å². The monoisotopic (exact) mass is 374 g/mol. The van der Waals surface area contributed by atoms with Gasteiger partial charge in [-0.25, -0.2) is 0 Å². The summed E-state index contributed by atoms with van der Waals surface area (Å²) in [5.74, 6) is 2.11. The first kappa shape index (κ1) is 20.6. The molecule has 2 aromatic rings. The Bertz CT molecular complexity index is 632. The van der Waals surface area contributed by atoms with Gasteiger partial charge in [-0.3, -0.25) is 0 Å². The fourth-order valence-corrected chi connectivity index (χ4v) is 2.45. The fraction of sp³-hybridized carbons (Fsp3) is 0.471. The van der Waals surface area contributed by atoms with E-state index in [4.69, 9.17) is 25.6 Å². The molecule has 0 spiro atoms. The number of aromatic nitrogens is 1. The van der Waals surface area contributed by atoms with Gasteiger partial charge in [0.15, 0.2) is 11.5 Å². The Labute approximate surface area is 154 Å². The summed E-state index contributed by atoms with van der Waals surface area (Å²) in [4.78, 5) is 0. The van der Waals surface area contributed by atoms with Crippen molar-refractivity contribution in [3.8, 4) is 11.5 Å². The molecule has 2 rings (SSSR count). The SMILES string of the molecule is CCCOc1c(Cl)cc(CNCc2cc(C)on2)cc1OCC.Cl. The minimum absolute atomic E-state index is 0. The average molecular weight is 375 g/mol. The second kappa shape index (κ2) is 10.4. The second-order valence-electron chi connectivity index (χ2n) is 5.22. The van der Waals surface area contributed by atoms with Crippen LogP contribution in [0, 0.1) is 6.92 Å². The zero-order chi connectivity index (χ0) is 16.7. The molecule has 1 heterocycles. The molecule has 0 amide bonds. The Morgan fingerprint density at radius 3 is 2.58 bits per heavy atom. The lowest BCUT2D eigenvalue weighted by atomic mass is 10.2. The van der Waals surface area contributed by atoms with E-state index in [1.54, 1.807) is 0 Å². The predicted molar refractivity (Wildman–Crippen MR) is 97.4 cm³/mol. The van der Waals surface area contributed by atoms with Crippen molar-refractivity contribution in [3.63, 3.8) is 0 Å². The van der Waals surface area contributed by atoms with Crippen LogP contribution in [0.5, 0.6) is 11.5 Å². The molecule has 1 aromatic heterocycles. The van der Waals surface area contributed by atoms with E-state index in [1.165, 1.54) is 0 Å². The maximum Gasteiger partial charge on any atom is 0.179 e. The van der Waals surface area contributed by atoms with Crippen LogP contribution in [0.2, 0.25) is 5.02 Å². The Balaban J connectivity index is 0.00000288. The van der Waals surface area contributed by atoms with Crippen molar-refractivity contribution in [2.45, 2.75) is 40.3 Å². The molecule has 0 atom stereocenters. The largest absolute Gasteiger partial charge is 0.490 e. The van der Waals surface area contributed by atoms with Crippen molar-refractivity contribution in [3.05, 3.63) is 40.2 Å². The van der Waals surface area contributed by atoms with E-state index in [0.717, 1.165) is 23.4 Å². The third-order valence-corrected chi connectivity index (χ3v) is 3.41. The minimum Gasteiger partial charge on any atom is -0.490 e. The molecule has 24 heavy (non-hydrogen) atoms. The van der Waals surface area contributed by atoms with Gasteiger partial charge >= 0.3 is 0 Å². The first-order chi connectivity index (χ1) is 11.1. The summed E-state index contributed by atoms with van der Waals surface area (Å²) in [6.07, 6.45) is 0.919. The maximum absolute atomic E-state index is 6.35. The molecule has 0 saturated carbocycles. The van der Waals surface area contributed by atoms with E-state index < -0.39 is 0 Å². The standard InChI is InChI=1S/C17H23ClN2O3.ClH/c1-4-6-22-17-15(18)8-13(9-16(17)21-5-2)10-19-11-14-7-12(3)23-20-14;/h7-9,19H,4-6,10-11H2,1-3H3;1H. The summed E-state index contributed by atoms with van der Waals surface area (Å²) in [5.41, 5.74) is 1.91. The van der Waals surface area contributed by atoms with Gasteiger partial charge in [-0.05, 0) is 38.0 Å². The first-order valence-electron chi connectivity index (χ1n) is 7.85. The van der Waals surface area contributed by atoms with Gasteiger partial charge in [-0.1, -0.05) is 23.7 Å². The summed E-state index contributed by atoms with van der Waals surface area (Å²) in [7, 11) is 0. The van der Waals surface area contributed by atoms with Gasteiger partial charge in [0.2, 0.25) is 0 Å². The molecule has 0 aliphatic carbocycles. The van der Waals surface area contributed by atoms with Crippen LogP contribution in [0.15, 0.2) is 22.7 Å². The number of rotatable bonds is 9. The normalized spacial score (nSPS) is 10.3. The number of halogens is 2. The van der Waals surface area contributed by atoms with Crippen LogP contribution < -0.4 is 14.8 Å². The number of nitrogens with zero attached hydrogens (tertiary/aromatic N) is 1. The van der Waals surface area contributed by atoms with Crippen LogP contribution in [-0.4, -0.2) is 18.4 Å². The van der Waals surface area contributed by atoms with Gasteiger partial charge in [0.1, 0.15) is 5.76 Å². The van der Waals surface area contributed by atoms with Gasteiger partial charge in [-0.2, -0.15) is 0 Å². The highest BCUT2D eigenvalue weighted by molar-refractivity contribution is 6.32. The fourth-order valence-electron chi connectivity index (χ4n) is 2.17. The van der Waals surface area contributed by atoms with Gasteiger partial charge < -0.3 is 19.3 Å². The zero-order valence-corrected chi connectivity index (χ0v) is 15.8. The van der Waals surface area contributed by atoms with Crippen molar-refractivity contribution >= 4 is 24.0 Å². The molecule has 7 heteroatoms. The molecule has 5 nitrogen and oxygen atoms in total. The molecular weight excluding hydrogens is 351 g/mol. The summed E-state index contributed by atoms with van der Waals surface area (Å²) in [6, 6.07) is 5.77. The summed E-state index contributed by atoms with van der Waals surface area (Å²) < 4.78 is 16.4. The number of hydrogen-bond acceptors (Lipinski definition) is 5. The van der Waals surface area contributed by atoms with E-state index in [9.17, 15) is 0 Å². The summed E-state index contributed by atoms with van der Waals surface area (Å²) in [5, 5.41) is 7.83. The molecule has 134 valence electrons. The van der Waals surface area contributed by atoms with Crippen LogP contribution in [0.25, 0.3) is 0 Å². The van der Waals surface area contributed by atoms with Gasteiger partial charge in [0.25, 0.3) is 0 Å². The van der Waals surface area contributed by atoms with E-state index in [0.29, 0.717) is 42.8 Å². The Kier molecular flexibility index (Phi) is 8.97. The molecule has 0 radical (unpaired) electrons. The molecule has 0 unspecified atom stereocenters. The number of aryl methyl sites for hydroxylation is 1. The second-order valence-corrected chi connectivity index (χ2v) is 5.63. The lowest BCUT2D eigenvalue weighted by Crippen LogP contribution is -2.13. The molecule has 0 fully saturated rings. The highest BCUT2D eigenvalue weighted by Gasteiger charge is 2.12. The van der Waals surface area contributed by atoms with E-state index >= 15 is 0 Å². The zero-order valence-electron chi connectivity index (χ0n) is 14.2. The average Bonchev–Trinajstić information content (AvgIpc) is 2.92. The number of hydrogen-bond donors (Lipinski definition) is 1. The third-order valence-electron chi connectivity index (χ3n) is 3.13. The number of benzene rings is 1. The molecule has 0 bridgehead atoms. The lowest BCUT2D eigenvalue weighted by Gasteiger charge is -2.15. The Morgan fingerprint density at radius 1 is 1.17 bits per heavy atom. The lowest BCUT2D eigenvalue weighted by molar-refractivity contribution is 0.277. The smallest absolute Gasteiger partial charge is 0.179 e. The predicted octanol–water partition coefficient (Wildman–Crippen LogP) is 4.54. The van der Waals surface area contributed by atoms with E-state index in [1.807, 2.05) is 32.0 Å². The van der Waals surface area contributed by atoms with E-state index in [-0.39, 0.29) is 12.4 Å². The summed E-state index contributed by atoms with van der Waals surface area (Å²) >= 11 is 6.35. The third kappa shape index (κ3) is 5.89.